The van der Waals surface area contributed by atoms with Crippen LogP contribution in [0.4, 0.5) is 8.78 Å². The fourth-order valence-corrected chi connectivity index (χ4v) is 2.48. The zero-order valence-electron chi connectivity index (χ0n) is 10.7. The van der Waals surface area contributed by atoms with Gasteiger partial charge in [-0.15, -0.1) is 0 Å². The molecule has 0 aliphatic heterocycles. The third-order valence-corrected chi connectivity index (χ3v) is 3.67. The molecule has 3 N–H and O–H groups in total. The molecule has 0 saturated heterocycles. The van der Waals surface area contributed by atoms with Gasteiger partial charge in [0.2, 0.25) is 5.91 Å². The van der Waals surface area contributed by atoms with Gasteiger partial charge in [-0.25, -0.2) is 8.78 Å². The Morgan fingerprint density at radius 3 is 2.42 bits per heavy atom. The van der Waals surface area contributed by atoms with Gasteiger partial charge in [0.25, 0.3) is 0 Å². The van der Waals surface area contributed by atoms with Gasteiger partial charge >= 0.3 is 0 Å². The second-order valence-corrected chi connectivity index (χ2v) is 5.07. The number of hydrogen-bond donors (Lipinski definition) is 2. The molecule has 1 aliphatic rings. The smallest absolute Gasteiger partial charge is 0.240 e. The van der Waals surface area contributed by atoms with E-state index in [-0.39, 0.29) is 24.4 Å². The molecular weight excluding hydrogens is 250 g/mol. The SMILES string of the molecule is NC1(C(=O)NCCc2c(F)cccc2F)CCCC1. The lowest BCUT2D eigenvalue weighted by atomic mass is 9.98. The normalized spacial score (nSPS) is 17.4. The van der Waals surface area contributed by atoms with Crippen LogP contribution in [0.1, 0.15) is 31.2 Å². The minimum absolute atomic E-state index is 0.000272. The summed E-state index contributed by atoms with van der Waals surface area (Å²) in [5, 5.41) is 2.67. The summed E-state index contributed by atoms with van der Waals surface area (Å²) in [6.45, 7) is 0.190. The molecule has 3 nitrogen and oxygen atoms in total. The Bertz CT molecular complexity index is 450. The van der Waals surface area contributed by atoms with Crippen molar-refractivity contribution >= 4 is 5.91 Å². The first-order valence-corrected chi connectivity index (χ1v) is 6.53. The number of nitrogens with two attached hydrogens (primary N) is 1. The molecule has 0 bridgehead atoms. The summed E-state index contributed by atoms with van der Waals surface area (Å²) in [6.07, 6.45) is 3.37. The van der Waals surface area contributed by atoms with Crippen molar-refractivity contribution in [2.75, 3.05) is 6.54 Å². The van der Waals surface area contributed by atoms with Gasteiger partial charge in [0, 0.05) is 12.1 Å². The predicted octanol–water partition coefficient (Wildman–Crippen LogP) is 1.89. The molecule has 19 heavy (non-hydrogen) atoms. The Hall–Kier alpha value is -1.49. The summed E-state index contributed by atoms with van der Waals surface area (Å²) in [7, 11) is 0. The van der Waals surface area contributed by atoms with Gasteiger partial charge in [-0.3, -0.25) is 4.79 Å². The molecule has 0 atom stereocenters. The monoisotopic (exact) mass is 268 g/mol. The lowest BCUT2D eigenvalue weighted by Crippen LogP contribution is -2.52. The average Bonchev–Trinajstić information content (AvgIpc) is 2.81. The summed E-state index contributed by atoms with van der Waals surface area (Å²) in [6, 6.07) is 3.74. The van der Waals surface area contributed by atoms with Crippen LogP contribution in [-0.2, 0) is 11.2 Å². The van der Waals surface area contributed by atoms with Crippen molar-refractivity contribution in [1.29, 1.82) is 0 Å². The third kappa shape index (κ3) is 3.10. The molecule has 1 saturated carbocycles. The van der Waals surface area contributed by atoms with Gasteiger partial charge in [0.15, 0.2) is 0 Å². The molecule has 0 aromatic heterocycles. The van der Waals surface area contributed by atoms with Crippen LogP contribution >= 0.6 is 0 Å². The maximum Gasteiger partial charge on any atom is 0.240 e. The van der Waals surface area contributed by atoms with Crippen molar-refractivity contribution in [2.45, 2.75) is 37.6 Å². The zero-order valence-corrected chi connectivity index (χ0v) is 10.7. The average molecular weight is 268 g/mol. The van der Waals surface area contributed by atoms with E-state index >= 15 is 0 Å². The van der Waals surface area contributed by atoms with Crippen LogP contribution in [-0.4, -0.2) is 18.0 Å². The Morgan fingerprint density at radius 2 is 1.84 bits per heavy atom. The summed E-state index contributed by atoms with van der Waals surface area (Å²) in [4.78, 5) is 11.9. The summed E-state index contributed by atoms with van der Waals surface area (Å²) in [5.41, 5.74) is 5.18. The topological polar surface area (TPSA) is 55.1 Å². The third-order valence-electron chi connectivity index (χ3n) is 3.67. The van der Waals surface area contributed by atoms with E-state index in [9.17, 15) is 13.6 Å². The van der Waals surface area contributed by atoms with Crippen LogP contribution in [0.3, 0.4) is 0 Å². The van der Waals surface area contributed by atoms with Crippen LogP contribution < -0.4 is 11.1 Å². The van der Waals surface area contributed by atoms with Gasteiger partial charge in [0.05, 0.1) is 5.54 Å². The maximum absolute atomic E-state index is 13.4. The fraction of sp³-hybridized carbons (Fsp3) is 0.500. The standard InChI is InChI=1S/C14H18F2N2O/c15-11-4-3-5-12(16)10(11)6-9-18-13(19)14(17)7-1-2-8-14/h3-5H,1-2,6-9,17H2,(H,18,19). The number of carbonyl (C=O) groups excluding carboxylic acids is 1. The van der Waals surface area contributed by atoms with Crippen LogP contribution in [0.25, 0.3) is 0 Å². The largest absolute Gasteiger partial charge is 0.354 e. The highest BCUT2D eigenvalue weighted by Crippen LogP contribution is 2.27. The van der Waals surface area contributed by atoms with Crippen molar-refractivity contribution in [3.05, 3.63) is 35.4 Å². The van der Waals surface area contributed by atoms with Gasteiger partial charge < -0.3 is 11.1 Å². The molecule has 5 heteroatoms. The van der Waals surface area contributed by atoms with Crippen LogP contribution in [0.2, 0.25) is 0 Å². The second kappa shape index (κ2) is 5.65. The van der Waals surface area contributed by atoms with E-state index in [0.29, 0.717) is 12.8 Å². The van der Waals surface area contributed by atoms with E-state index in [1.807, 2.05) is 0 Å². The highest BCUT2D eigenvalue weighted by molar-refractivity contribution is 5.86. The van der Waals surface area contributed by atoms with Crippen molar-refractivity contribution in [2.24, 2.45) is 5.73 Å². The highest BCUT2D eigenvalue weighted by Gasteiger charge is 2.36. The molecule has 1 aromatic rings. The number of nitrogens with one attached hydrogen (secondary N) is 1. The molecule has 1 fully saturated rings. The van der Waals surface area contributed by atoms with E-state index in [1.165, 1.54) is 18.2 Å². The van der Waals surface area contributed by atoms with Gasteiger partial charge in [0.1, 0.15) is 11.6 Å². The lowest BCUT2D eigenvalue weighted by Gasteiger charge is -2.22. The molecule has 1 aliphatic carbocycles. The van der Waals surface area contributed by atoms with Crippen molar-refractivity contribution in [1.82, 2.24) is 5.32 Å². The number of halogens is 2. The molecule has 2 rings (SSSR count). The first kappa shape index (κ1) is 13.9. The van der Waals surface area contributed by atoms with Crippen LogP contribution in [0.5, 0.6) is 0 Å². The maximum atomic E-state index is 13.4. The second-order valence-electron chi connectivity index (χ2n) is 5.07. The molecule has 0 heterocycles. The highest BCUT2D eigenvalue weighted by atomic mass is 19.1. The minimum atomic E-state index is -0.798. The van der Waals surface area contributed by atoms with Crippen LogP contribution in [0.15, 0.2) is 18.2 Å². The molecule has 0 spiro atoms. The number of benzene rings is 1. The molecule has 104 valence electrons. The predicted molar refractivity (Wildman–Crippen MR) is 68.5 cm³/mol. The summed E-state index contributed by atoms with van der Waals surface area (Å²) < 4.78 is 26.7. The number of amides is 1. The molecular formula is C14H18F2N2O. The fourth-order valence-electron chi connectivity index (χ4n) is 2.48. The Balaban J connectivity index is 1.88. The van der Waals surface area contributed by atoms with E-state index in [2.05, 4.69) is 5.32 Å². The van der Waals surface area contributed by atoms with Gasteiger partial charge in [-0.05, 0) is 31.4 Å². The van der Waals surface area contributed by atoms with Gasteiger partial charge in [-0.1, -0.05) is 18.9 Å². The quantitative estimate of drug-likeness (QED) is 0.876. The lowest BCUT2D eigenvalue weighted by molar-refractivity contribution is -0.126. The summed E-state index contributed by atoms with van der Waals surface area (Å²) >= 11 is 0. The Kier molecular flexibility index (Phi) is 4.14. The number of hydrogen-bond acceptors (Lipinski definition) is 2. The van der Waals surface area contributed by atoms with Crippen LogP contribution in [0, 0.1) is 11.6 Å². The van der Waals surface area contributed by atoms with Gasteiger partial charge in [-0.2, -0.15) is 0 Å². The molecule has 0 radical (unpaired) electrons. The molecule has 1 aromatic carbocycles. The minimum Gasteiger partial charge on any atom is -0.354 e. The molecule has 1 amide bonds. The molecule has 0 unspecified atom stereocenters. The van der Waals surface area contributed by atoms with Crippen molar-refractivity contribution in [3.63, 3.8) is 0 Å². The zero-order chi connectivity index (χ0) is 13.9. The van der Waals surface area contributed by atoms with Crippen molar-refractivity contribution in [3.8, 4) is 0 Å². The first-order valence-electron chi connectivity index (χ1n) is 6.53. The number of rotatable bonds is 4. The van der Waals surface area contributed by atoms with E-state index in [0.717, 1.165) is 12.8 Å². The Morgan fingerprint density at radius 1 is 1.26 bits per heavy atom. The number of carbonyl (C=O) groups is 1. The summed E-state index contributed by atoms with van der Waals surface area (Å²) in [5.74, 6) is -1.39. The van der Waals surface area contributed by atoms with E-state index in [4.69, 9.17) is 5.73 Å². The van der Waals surface area contributed by atoms with E-state index < -0.39 is 17.2 Å². The van der Waals surface area contributed by atoms with E-state index in [1.54, 1.807) is 0 Å². The first-order chi connectivity index (χ1) is 9.03. The Labute approximate surface area is 111 Å². The van der Waals surface area contributed by atoms with Crippen molar-refractivity contribution < 1.29 is 13.6 Å².